The number of carbonyl (C=O) groups excluding carboxylic acids is 1. The Balaban J connectivity index is 1.89. The number of rotatable bonds is 4. The van der Waals surface area contributed by atoms with E-state index in [1.54, 1.807) is 6.08 Å². The standard InChI is InChI=1S/C22H18N2O/c1-2-16-10-12-20(13-11-16)24-22(25)19(15-23)14-18-8-5-7-17-6-3-4-9-21(17)18/h3-14H,2H2,1H3,(H,24,25)/b19-14+. The average molecular weight is 326 g/mol. The molecule has 0 bridgehead atoms. The van der Waals surface area contributed by atoms with Gasteiger partial charge in [-0.05, 0) is 46.5 Å². The fraction of sp³-hybridized carbons (Fsp3) is 0.0909. The van der Waals surface area contributed by atoms with Gasteiger partial charge in [0.2, 0.25) is 0 Å². The molecule has 0 radical (unpaired) electrons. The van der Waals surface area contributed by atoms with Crippen LogP contribution in [-0.2, 0) is 11.2 Å². The third kappa shape index (κ3) is 3.76. The third-order valence-electron chi connectivity index (χ3n) is 4.11. The summed E-state index contributed by atoms with van der Waals surface area (Å²) in [5.41, 5.74) is 2.81. The van der Waals surface area contributed by atoms with Gasteiger partial charge < -0.3 is 5.32 Å². The van der Waals surface area contributed by atoms with Crippen molar-refractivity contribution in [1.82, 2.24) is 0 Å². The SMILES string of the molecule is CCc1ccc(NC(=O)/C(C#N)=C/c2cccc3ccccc23)cc1. The number of fused-ring (bicyclic) bond motifs is 1. The van der Waals surface area contributed by atoms with Gasteiger partial charge in [0, 0.05) is 5.69 Å². The molecule has 0 saturated carbocycles. The van der Waals surface area contributed by atoms with Crippen molar-refractivity contribution in [2.75, 3.05) is 5.32 Å². The van der Waals surface area contributed by atoms with E-state index in [1.165, 1.54) is 5.56 Å². The largest absolute Gasteiger partial charge is 0.321 e. The quantitative estimate of drug-likeness (QED) is 0.545. The van der Waals surface area contributed by atoms with E-state index >= 15 is 0 Å². The zero-order valence-corrected chi connectivity index (χ0v) is 14.0. The van der Waals surface area contributed by atoms with Crippen molar-refractivity contribution in [3.63, 3.8) is 0 Å². The van der Waals surface area contributed by atoms with Gasteiger partial charge in [-0.2, -0.15) is 5.26 Å². The lowest BCUT2D eigenvalue weighted by molar-refractivity contribution is -0.112. The summed E-state index contributed by atoms with van der Waals surface area (Å²) in [5, 5.41) is 14.3. The molecule has 0 aliphatic carbocycles. The molecule has 1 amide bonds. The monoisotopic (exact) mass is 326 g/mol. The number of benzene rings is 3. The highest BCUT2D eigenvalue weighted by atomic mass is 16.1. The van der Waals surface area contributed by atoms with Crippen LogP contribution in [0.5, 0.6) is 0 Å². The molecule has 25 heavy (non-hydrogen) atoms. The molecule has 122 valence electrons. The molecule has 0 aliphatic heterocycles. The maximum absolute atomic E-state index is 12.4. The summed E-state index contributed by atoms with van der Waals surface area (Å²) in [6, 6.07) is 23.4. The minimum Gasteiger partial charge on any atom is -0.321 e. The molecule has 0 fully saturated rings. The molecule has 0 atom stereocenters. The first-order chi connectivity index (χ1) is 12.2. The molecule has 0 unspecified atom stereocenters. The smallest absolute Gasteiger partial charge is 0.266 e. The Morgan fingerprint density at radius 2 is 1.76 bits per heavy atom. The van der Waals surface area contributed by atoms with Crippen molar-refractivity contribution in [1.29, 1.82) is 5.26 Å². The maximum atomic E-state index is 12.4. The summed E-state index contributed by atoms with van der Waals surface area (Å²) < 4.78 is 0. The molecule has 3 aromatic rings. The first kappa shape index (κ1) is 16.5. The molecule has 0 aliphatic rings. The highest BCUT2D eigenvalue weighted by Crippen LogP contribution is 2.21. The molecule has 0 heterocycles. The number of aryl methyl sites for hydroxylation is 1. The Hall–Kier alpha value is -3.38. The minimum atomic E-state index is -0.403. The van der Waals surface area contributed by atoms with Crippen LogP contribution >= 0.6 is 0 Å². The second-order valence-electron chi connectivity index (χ2n) is 5.74. The van der Waals surface area contributed by atoms with Gasteiger partial charge in [0.15, 0.2) is 0 Å². The van der Waals surface area contributed by atoms with E-state index in [0.29, 0.717) is 5.69 Å². The lowest BCUT2D eigenvalue weighted by Crippen LogP contribution is -2.13. The van der Waals surface area contributed by atoms with Gasteiger partial charge in [0.05, 0.1) is 0 Å². The Bertz CT molecular complexity index is 974. The van der Waals surface area contributed by atoms with Gasteiger partial charge in [0.25, 0.3) is 5.91 Å². The van der Waals surface area contributed by atoms with Crippen LogP contribution in [0.4, 0.5) is 5.69 Å². The number of nitriles is 1. The molecule has 0 spiro atoms. The summed E-state index contributed by atoms with van der Waals surface area (Å²) in [5.74, 6) is -0.403. The third-order valence-corrected chi connectivity index (χ3v) is 4.11. The average Bonchev–Trinajstić information content (AvgIpc) is 2.66. The molecule has 0 saturated heterocycles. The van der Waals surface area contributed by atoms with Gasteiger partial charge in [-0.15, -0.1) is 0 Å². The van der Waals surface area contributed by atoms with E-state index < -0.39 is 5.91 Å². The van der Waals surface area contributed by atoms with Crippen molar-refractivity contribution < 1.29 is 4.79 Å². The van der Waals surface area contributed by atoms with Crippen LogP contribution in [0.25, 0.3) is 16.8 Å². The number of carbonyl (C=O) groups is 1. The maximum Gasteiger partial charge on any atom is 0.266 e. The number of hydrogen-bond acceptors (Lipinski definition) is 2. The molecule has 0 aromatic heterocycles. The number of nitrogens with zero attached hydrogens (tertiary/aromatic N) is 1. The predicted octanol–water partition coefficient (Wildman–Crippen LogP) is 4.95. The molecule has 3 heteroatoms. The molecule has 3 nitrogen and oxygen atoms in total. The van der Waals surface area contributed by atoms with Gasteiger partial charge in [-0.1, -0.05) is 61.5 Å². The second-order valence-corrected chi connectivity index (χ2v) is 5.74. The van der Waals surface area contributed by atoms with E-state index in [4.69, 9.17) is 0 Å². The number of nitrogens with one attached hydrogen (secondary N) is 1. The fourth-order valence-electron chi connectivity index (χ4n) is 2.70. The van der Waals surface area contributed by atoms with Crippen molar-refractivity contribution in [3.8, 4) is 6.07 Å². The summed E-state index contributed by atoms with van der Waals surface area (Å²) in [4.78, 5) is 12.4. The normalized spacial score (nSPS) is 11.1. The van der Waals surface area contributed by atoms with E-state index in [9.17, 15) is 10.1 Å². The zero-order chi connectivity index (χ0) is 17.6. The first-order valence-corrected chi connectivity index (χ1v) is 8.21. The van der Waals surface area contributed by atoms with Crippen LogP contribution in [0.1, 0.15) is 18.1 Å². The van der Waals surface area contributed by atoms with Gasteiger partial charge in [-0.3, -0.25) is 4.79 Å². The van der Waals surface area contributed by atoms with Gasteiger partial charge in [-0.25, -0.2) is 0 Å². The van der Waals surface area contributed by atoms with Gasteiger partial charge in [0.1, 0.15) is 11.6 Å². The second kappa shape index (κ2) is 7.46. The van der Waals surface area contributed by atoms with Crippen LogP contribution in [-0.4, -0.2) is 5.91 Å². The topological polar surface area (TPSA) is 52.9 Å². The van der Waals surface area contributed by atoms with Crippen LogP contribution in [0, 0.1) is 11.3 Å². The Labute approximate surface area is 147 Å². The lowest BCUT2D eigenvalue weighted by atomic mass is 10.0. The highest BCUT2D eigenvalue weighted by molar-refractivity contribution is 6.10. The molecule has 3 aromatic carbocycles. The van der Waals surface area contributed by atoms with Crippen molar-refractivity contribution in [3.05, 3.63) is 83.4 Å². The number of anilines is 1. The van der Waals surface area contributed by atoms with Crippen LogP contribution < -0.4 is 5.32 Å². The van der Waals surface area contributed by atoms with Crippen LogP contribution in [0.2, 0.25) is 0 Å². The van der Waals surface area contributed by atoms with E-state index in [1.807, 2.05) is 72.8 Å². The molecule has 1 N–H and O–H groups in total. The summed E-state index contributed by atoms with van der Waals surface area (Å²) in [6.45, 7) is 2.08. The summed E-state index contributed by atoms with van der Waals surface area (Å²) in [6.07, 6.45) is 2.58. The molecule has 3 rings (SSSR count). The first-order valence-electron chi connectivity index (χ1n) is 8.21. The van der Waals surface area contributed by atoms with E-state index in [2.05, 4.69) is 12.2 Å². The van der Waals surface area contributed by atoms with Crippen molar-refractivity contribution in [2.45, 2.75) is 13.3 Å². The van der Waals surface area contributed by atoms with E-state index in [0.717, 1.165) is 22.8 Å². The Kier molecular flexibility index (Phi) is 4.92. The Morgan fingerprint density at radius 1 is 1.04 bits per heavy atom. The van der Waals surface area contributed by atoms with Crippen molar-refractivity contribution in [2.24, 2.45) is 0 Å². The fourth-order valence-corrected chi connectivity index (χ4v) is 2.70. The zero-order valence-electron chi connectivity index (χ0n) is 14.0. The van der Waals surface area contributed by atoms with Gasteiger partial charge >= 0.3 is 0 Å². The van der Waals surface area contributed by atoms with Crippen LogP contribution in [0.15, 0.2) is 72.3 Å². The molecular weight excluding hydrogens is 308 g/mol. The summed E-state index contributed by atoms with van der Waals surface area (Å²) in [7, 11) is 0. The van der Waals surface area contributed by atoms with E-state index in [-0.39, 0.29) is 5.57 Å². The highest BCUT2D eigenvalue weighted by Gasteiger charge is 2.10. The van der Waals surface area contributed by atoms with Crippen molar-refractivity contribution >= 4 is 28.4 Å². The number of hydrogen-bond donors (Lipinski definition) is 1. The lowest BCUT2D eigenvalue weighted by Gasteiger charge is -2.06. The predicted molar refractivity (Wildman–Crippen MR) is 102 cm³/mol. The number of amides is 1. The summed E-state index contributed by atoms with van der Waals surface area (Å²) >= 11 is 0. The minimum absolute atomic E-state index is 0.0796. The molecular formula is C22H18N2O. The Morgan fingerprint density at radius 3 is 2.48 bits per heavy atom. The van der Waals surface area contributed by atoms with Crippen LogP contribution in [0.3, 0.4) is 0 Å².